The van der Waals surface area contributed by atoms with Crippen LogP contribution in [-0.2, 0) is 0 Å². The number of aromatic amines is 1. The van der Waals surface area contributed by atoms with E-state index in [-0.39, 0.29) is 1.43 Å². The molecule has 2 aromatic carbocycles. The Kier molecular flexibility index (Phi) is 5.84. The molecule has 0 unspecified atom stereocenters. The molecule has 0 aliphatic heterocycles. The van der Waals surface area contributed by atoms with E-state index < -0.39 is 0 Å². The topological polar surface area (TPSA) is 54.5 Å². The minimum absolute atomic E-state index is 0. The van der Waals surface area contributed by atoms with Gasteiger partial charge in [0.15, 0.2) is 0 Å². The molecule has 4 heteroatoms. The summed E-state index contributed by atoms with van der Waals surface area (Å²) in [4.78, 5) is 14.6. The summed E-state index contributed by atoms with van der Waals surface area (Å²) in [7, 11) is 0. The maximum Gasteiger partial charge on any atom is 0.115 e. The molecular formula is C21H20N4. The lowest BCUT2D eigenvalue weighted by Gasteiger charge is -1.91. The van der Waals surface area contributed by atoms with Crippen LogP contribution in [-0.4, -0.2) is 19.9 Å². The van der Waals surface area contributed by atoms with Crippen molar-refractivity contribution in [2.24, 2.45) is 0 Å². The Labute approximate surface area is 147 Å². The van der Waals surface area contributed by atoms with Crippen molar-refractivity contribution in [3.63, 3.8) is 0 Å². The lowest BCUT2D eigenvalue weighted by molar-refractivity contribution is 1.17. The summed E-state index contributed by atoms with van der Waals surface area (Å²) in [6.07, 6.45) is 8.63. The highest BCUT2D eigenvalue weighted by Crippen LogP contribution is 2.09. The van der Waals surface area contributed by atoms with E-state index in [2.05, 4.69) is 50.3 Å². The molecule has 5 aromatic rings. The van der Waals surface area contributed by atoms with E-state index in [4.69, 9.17) is 0 Å². The highest BCUT2D eigenvalue weighted by atomic mass is 14.8. The zero-order chi connectivity index (χ0) is 17.2. The molecule has 0 saturated carbocycles. The number of fused-ring (bicyclic) bond motifs is 2. The molecule has 0 aliphatic rings. The smallest absolute Gasteiger partial charge is 0.115 e. The fourth-order valence-electron chi connectivity index (χ4n) is 2.26. The van der Waals surface area contributed by atoms with E-state index in [1.54, 1.807) is 18.5 Å². The molecule has 124 valence electrons. The quantitative estimate of drug-likeness (QED) is 0.429. The number of rotatable bonds is 0. The average Bonchev–Trinajstić information content (AvgIpc) is 3.19. The van der Waals surface area contributed by atoms with Gasteiger partial charge in [0, 0.05) is 37.1 Å². The third-order valence-corrected chi connectivity index (χ3v) is 3.45. The van der Waals surface area contributed by atoms with E-state index >= 15 is 0 Å². The Hall–Kier alpha value is -3.53. The van der Waals surface area contributed by atoms with Crippen molar-refractivity contribution in [3.05, 3.63) is 104 Å². The van der Waals surface area contributed by atoms with Crippen LogP contribution in [0.15, 0.2) is 104 Å². The van der Waals surface area contributed by atoms with Gasteiger partial charge in [0.25, 0.3) is 0 Å². The number of pyridine rings is 1. The predicted octanol–water partition coefficient (Wildman–Crippen LogP) is 5.13. The van der Waals surface area contributed by atoms with Gasteiger partial charge >= 0.3 is 0 Å². The number of benzene rings is 2. The number of hydrogen-bond donors (Lipinski definition) is 1. The van der Waals surface area contributed by atoms with E-state index in [1.807, 2.05) is 48.8 Å². The molecule has 0 bridgehead atoms. The Morgan fingerprint density at radius 3 is 2.04 bits per heavy atom. The minimum atomic E-state index is 0. The van der Waals surface area contributed by atoms with Crippen molar-refractivity contribution in [3.8, 4) is 0 Å². The Morgan fingerprint density at radius 1 is 0.640 bits per heavy atom. The Bertz CT molecular complexity index is 893. The van der Waals surface area contributed by atoms with Crippen LogP contribution in [0, 0.1) is 0 Å². The third-order valence-electron chi connectivity index (χ3n) is 3.45. The second-order valence-corrected chi connectivity index (χ2v) is 5.17. The third kappa shape index (κ3) is 4.97. The van der Waals surface area contributed by atoms with Gasteiger partial charge in [-0.25, -0.2) is 9.97 Å². The summed E-state index contributed by atoms with van der Waals surface area (Å²) < 4.78 is 0. The highest BCUT2D eigenvalue weighted by molar-refractivity contribution is 5.79. The Balaban J connectivity index is 0.000000142. The maximum atomic E-state index is 4.18. The van der Waals surface area contributed by atoms with Gasteiger partial charge in [-0.1, -0.05) is 42.5 Å². The highest BCUT2D eigenvalue weighted by Gasteiger charge is 1.87. The number of H-pyrrole nitrogens is 1. The number of nitrogens with zero attached hydrogens (tertiary/aromatic N) is 3. The zero-order valence-corrected chi connectivity index (χ0v) is 13.7. The molecule has 1 N–H and O–H groups in total. The molecule has 0 atom stereocenters. The van der Waals surface area contributed by atoms with Gasteiger partial charge in [-0.15, -0.1) is 0 Å². The molecule has 0 radical (unpaired) electrons. The van der Waals surface area contributed by atoms with Gasteiger partial charge in [0.2, 0.25) is 0 Å². The number of nitrogens with one attached hydrogen (secondary N) is 1. The summed E-state index contributed by atoms with van der Waals surface area (Å²) in [5.74, 6) is 0. The monoisotopic (exact) mass is 328 g/mol. The van der Waals surface area contributed by atoms with Crippen molar-refractivity contribution in [2.75, 3.05) is 0 Å². The van der Waals surface area contributed by atoms with Crippen LogP contribution in [0.2, 0.25) is 0 Å². The van der Waals surface area contributed by atoms with Crippen LogP contribution in [0.4, 0.5) is 0 Å². The summed E-state index contributed by atoms with van der Waals surface area (Å²) in [5.41, 5.74) is 2.27. The first-order valence-electron chi connectivity index (χ1n) is 7.95. The predicted molar refractivity (Wildman–Crippen MR) is 104 cm³/mol. The largest absolute Gasteiger partial charge is 0.361 e. The number of aromatic nitrogens is 4. The minimum Gasteiger partial charge on any atom is -0.361 e. The van der Waals surface area contributed by atoms with Gasteiger partial charge in [0.05, 0.1) is 5.52 Å². The van der Waals surface area contributed by atoms with Gasteiger partial charge in [-0.05, 0) is 35.7 Å². The molecule has 0 amide bonds. The van der Waals surface area contributed by atoms with E-state index in [9.17, 15) is 0 Å². The van der Waals surface area contributed by atoms with Crippen molar-refractivity contribution < 1.29 is 1.43 Å². The van der Waals surface area contributed by atoms with Crippen molar-refractivity contribution in [1.29, 1.82) is 0 Å². The van der Waals surface area contributed by atoms with E-state index in [0.29, 0.717) is 0 Å². The second kappa shape index (κ2) is 8.93. The van der Waals surface area contributed by atoms with Crippen LogP contribution in [0.5, 0.6) is 0 Å². The average molecular weight is 328 g/mol. The lowest BCUT2D eigenvalue weighted by atomic mass is 10.2. The summed E-state index contributed by atoms with van der Waals surface area (Å²) in [6.45, 7) is 0. The van der Waals surface area contributed by atoms with Gasteiger partial charge < -0.3 is 4.98 Å². The Morgan fingerprint density at radius 2 is 1.36 bits per heavy atom. The molecule has 0 spiro atoms. The van der Waals surface area contributed by atoms with Crippen LogP contribution < -0.4 is 0 Å². The number of para-hydroxylation sites is 2. The van der Waals surface area contributed by atoms with Crippen molar-refractivity contribution in [2.45, 2.75) is 0 Å². The van der Waals surface area contributed by atoms with Crippen LogP contribution in [0.3, 0.4) is 0 Å². The van der Waals surface area contributed by atoms with Crippen LogP contribution in [0.25, 0.3) is 21.8 Å². The maximum absolute atomic E-state index is 4.18. The molecule has 0 fully saturated rings. The van der Waals surface area contributed by atoms with E-state index in [0.717, 1.165) is 5.52 Å². The molecular weight excluding hydrogens is 308 g/mol. The van der Waals surface area contributed by atoms with Gasteiger partial charge in [-0.2, -0.15) is 0 Å². The molecule has 3 heterocycles. The van der Waals surface area contributed by atoms with E-state index in [1.165, 1.54) is 22.6 Å². The summed E-state index contributed by atoms with van der Waals surface area (Å²) in [5, 5.41) is 2.47. The first-order valence-corrected chi connectivity index (χ1v) is 7.95. The van der Waals surface area contributed by atoms with Crippen molar-refractivity contribution in [1.82, 2.24) is 19.9 Å². The SMILES string of the molecule is [HH].c1ccc2[nH]ccc2c1.c1ccc2ncccc2c1.c1cncnc1. The standard InChI is InChI=1S/C9H7N.C8H7N.C4H4N2.H2/c1-2-6-9-8(4-1)5-3-7-10-9;1-2-4-8-7(3-1)5-6-9-8;1-2-5-4-6-3-1;/h1-7H;1-6,9H;1-4H;1H. The molecule has 0 aliphatic carbocycles. The summed E-state index contributed by atoms with van der Waals surface area (Å²) in [6, 6.07) is 24.1. The summed E-state index contributed by atoms with van der Waals surface area (Å²) >= 11 is 0. The normalized spacial score (nSPS) is 9.60. The second-order valence-electron chi connectivity index (χ2n) is 5.17. The first kappa shape index (κ1) is 16.3. The molecule has 3 aromatic heterocycles. The first-order chi connectivity index (χ1) is 12.4. The fraction of sp³-hybridized carbons (Fsp3) is 0. The molecule has 4 nitrogen and oxygen atoms in total. The molecule has 5 rings (SSSR count). The van der Waals surface area contributed by atoms with Gasteiger partial charge in [-0.3, -0.25) is 4.98 Å². The van der Waals surface area contributed by atoms with Crippen LogP contribution >= 0.6 is 0 Å². The number of hydrogen-bond acceptors (Lipinski definition) is 3. The fourth-order valence-corrected chi connectivity index (χ4v) is 2.26. The van der Waals surface area contributed by atoms with Gasteiger partial charge in [0.1, 0.15) is 6.33 Å². The van der Waals surface area contributed by atoms with Crippen molar-refractivity contribution >= 4 is 21.8 Å². The molecule has 25 heavy (non-hydrogen) atoms. The van der Waals surface area contributed by atoms with Crippen LogP contribution in [0.1, 0.15) is 1.43 Å². The lowest BCUT2D eigenvalue weighted by Crippen LogP contribution is -1.73. The molecule has 0 saturated heterocycles. The zero-order valence-electron chi connectivity index (χ0n) is 13.7.